The zero-order valence-electron chi connectivity index (χ0n) is 14.2. The van der Waals surface area contributed by atoms with Crippen molar-refractivity contribution in [2.45, 2.75) is 53.2 Å². The van der Waals surface area contributed by atoms with Gasteiger partial charge in [-0.05, 0) is 44.9 Å². The van der Waals surface area contributed by atoms with Crippen molar-refractivity contribution >= 4 is 0 Å². The summed E-state index contributed by atoms with van der Waals surface area (Å²) in [5.41, 5.74) is 1.32. The Balaban J connectivity index is 1.95. The number of aryl methyl sites for hydroxylation is 1. The van der Waals surface area contributed by atoms with E-state index in [4.69, 9.17) is 9.15 Å². The van der Waals surface area contributed by atoms with E-state index in [1.807, 2.05) is 0 Å². The van der Waals surface area contributed by atoms with Gasteiger partial charge in [-0.2, -0.15) is 0 Å². The maximum absolute atomic E-state index is 6.05. The van der Waals surface area contributed by atoms with Crippen molar-refractivity contribution < 1.29 is 9.15 Å². The second-order valence-electron chi connectivity index (χ2n) is 7.13. The first-order valence-electron chi connectivity index (χ1n) is 8.00. The number of hydrogen-bond acceptors (Lipinski definition) is 4. The van der Waals surface area contributed by atoms with E-state index in [0.717, 1.165) is 50.9 Å². The first kappa shape index (κ1) is 16.5. The van der Waals surface area contributed by atoms with E-state index in [0.29, 0.717) is 5.92 Å². The highest BCUT2D eigenvalue weighted by Gasteiger charge is 2.31. The molecule has 1 saturated heterocycles. The zero-order valence-corrected chi connectivity index (χ0v) is 14.2. The molecule has 0 amide bonds. The van der Waals surface area contributed by atoms with Crippen molar-refractivity contribution in [2.75, 3.05) is 26.3 Å². The number of morpholine rings is 1. The van der Waals surface area contributed by atoms with Crippen LogP contribution in [0.2, 0.25) is 0 Å². The molecule has 0 unspecified atom stereocenters. The minimum atomic E-state index is 0.0784. The molecule has 0 bridgehead atoms. The summed E-state index contributed by atoms with van der Waals surface area (Å²) in [6.07, 6.45) is 0. The van der Waals surface area contributed by atoms with Gasteiger partial charge in [0, 0.05) is 12.1 Å². The lowest BCUT2D eigenvalue weighted by atomic mass is 10.0. The lowest BCUT2D eigenvalue weighted by Gasteiger charge is -2.41. The average molecular weight is 294 g/mol. The first-order chi connectivity index (χ1) is 9.88. The minimum Gasteiger partial charge on any atom is -0.463 e. The van der Waals surface area contributed by atoms with E-state index in [9.17, 15) is 0 Å². The zero-order chi connectivity index (χ0) is 15.5. The third-order valence-electron chi connectivity index (χ3n) is 4.07. The quantitative estimate of drug-likeness (QED) is 0.875. The van der Waals surface area contributed by atoms with Crippen LogP contribution >= 0.6 is 0 Å². The summed E-state index contributed by atoms with van der Waals surface area (Å²) in [6.45, 7) is 16.3. The van der Waals surface area contributed by atoms with Gasteiger partial charge in [0.1, 0.15) is 11.5 Å². The fraction of sp³-hybridized carbons (Fsp3) is 0.765. The molecule has 1 N–H and O–H groups in total. The number of nitrogens with one attached hydrogen (secondary N) is 1. The molecule has 0 radical (unpaired) electrons. The molecule has 2 rings (SSSR count). The van der Waals surface area contributed by atoms with E-state index in [-0.39, 0.29) is 5.54 Å². The SMILES string of the molecule is Cc1cc(CN2CCOCC2(C)C)oc1CNCC(C)C. The van der Waals surface area contributed by atoms with E-state index >= 15 is 0 Å². The van der Waals surface area contributed by atoms with Crippen molar-refractivity contribution in [1.29, 1.82) is 0 Å². The van der Waals surface area contributed by atoms with Gasteiger partial charge in [0.15, 0.2) is 0 Å². The summed E-state index contributed by atoms with van der Waals surface area (Å²) >= 11 is 0. The number of furan rings is 1. The second kappa shape index (κ2) is 6.95. The highest BCUT2D eigenvalue weighted by molar-refractivity contribution is 5.20. The molecule has 21 heavy (non-hydrogen) atoms. The maximum atomic E-state index is 6.05. The van der Waals surface area contributed by atoms with Crippen LogP contribution in [0.15, 0.2) is 10.5 Å². The molecule has 0 aliphatic carbocycles. The van der Waals surface area contributed by atoms with Crippen molar-refractivity contribution in [1.82, 2.24) is 10.2 Å². The van der Waals surface area contributed by atoms with E-state index in [1.54, 1.807) is 0 Å². The topological polar surface area (TPSA) is 37.6 Å². The van der Waals surface area contributed by atoms with E-state index in [1.165, 1.54) is 5.56 Å². The van der Waals surface area contributed by atoms with Crippen LogP contribution in [-0.2, 0) is 17.8 Å². The van der Waals surface area contributed by atoms with Gasteiger partial charge in [-0.1, -0.05) is 13.8 Å². The predicted octanol–water partition coefficient (Wildman–Crippen LogP) is 2.94. The molecule has 1 aliphatic rings. The lowest BCUT2D eigenvalue weighted by molar-refractivity contribution is -0.0578. The van der Waals surface area contributed by atoms with Gasteiger partial charge in [0.2, 0.25) is 0 Å². The molecule has 0 saturated carbocycles. The Hall–Kier alpha value is -0.840. The molecular weight excluding hydrogens is 264 g/mol. The second-order valence-corrected chi connectivity index (χ2v) is 7.13. The molecule has 4 nitrogen and oxygen atoms in total. The monoisotopic (exact) mass is 294 g/mol. The summed E-state index contributed by atoms with van der Waals surface area (Å²) in [4.78, 5) is 2.44. The molecule has 1 aromatic heterocycles. The van der Waals surface area contributed by atoms with Gasteiger partial charge < -0.3 is 14.5 Å². The molecule has 2 heterocycles. The number of hydrogen-bond donors (Lipinski definition) is 1. The summed E-state index contributed by atoms with van der Waals surface area (Å²) < 4.78 is 11.6. The van der Waals surface area contributed by atoms with Crippen molar-refractivity contribution in [3.63, 3.8) is 0 Å². The molecule has 120 valence electrons. The lowest BCUT2D eigenvalue weighted by Crippen LogP contribution is -2.52. The highest BCUT2D eigenvalue weighted by atomic mass is 16.5. The Morgan fingerprint density at radius 1 is 1.38 bits per heavy atom. The smallest absolute Gasteiger partial charge is 0.120 e. The Morgan fingerprint density at radius 3 is 2.81 bits per heavy atom. The van der Waals surface area contributed by atoms with Gasteiger partial charge in [0.25, 0.3) is 0 Å². The molecule has 1 aliphatic heterocycles. The third kappa shape index (κ3) is 4.56. The van der Waals surface area contributed by atoms with Crippen molar-refractivity contribution in [3.8, 4) is 0 Å². The predicted molar refractivity (Wildman–Crippen MR) is 85.3 cm³/mol. The van der Waals surface area contributed by atoms with Crippen LogP contribution in [0.5, 0.6) is 0 Å². The maximum Gasteiger partial charge on any atom is 0.120 e. The Kier molecular flexibility index (Phi) is 5.47. The van der Waals surface area contributed by atoms with Gasteiger partial charge >= 0.3 is 0 Å². The van der Waals surface area contributed by atoms with Crippen LogP contribution in [0.4, 0.5) is 0 Å². The van der Waals surface area contributed by atoms with Gasteiger partial charge in [-0.3, -0.25) is 4.90 Å². The largest absolute Gasteiger partial charge is 0.463 e. The third-order valence-corrected chi connectivity index (χ3v) is 4.07. The van der Waals surface area contributed by atoms with Gasteiger partial charge in [-0.25, -0.2) is 0 Å². The van der Waals surface area contributed by atoms with Crippen LogP contribution in [-0.4, -0.2) is 36.7 Å². The van der Waals surface area contributed by atoms with E-state index in [2.05, 4.69) is 50.9 Å². The van der Waals surface area contributed by atoms with Gasteiger partial charge in [-0.15, -0.1) is 0 Å². The standard InChI is InChI=1S/C17H30N2O2/c1-13(2)9-18-10-16-14(3)8-15(21-16)11-19-6-7-20-12-17(19,4)5/h8,13,18H,6-7,9-12H2,1-5H3. The van der Waals surface area contributed by atoms with Crippen molar-refractivity contribution in [2.24, 2.45) is 5.92 Å². The highest BCUT2D eigenvalue weighted by Crippen LogP contribution is 2.23. The fourth-order valence-corrected chi connectivity index (χ4v) is 2.69. The summed E-state index contributed by atoms with van der Waals surface area (Å²) in [6, 6.07) is 2.18. The van der Waals surface area contributed by atoms with Gasteiger partial charge in [0.05, 0.1) is 26.3 Å². The number of ether oxygens (including phenoxy) is 1. The first-order valence-corrected chi connectivity index (χ1v) is 8.00. The molecule has 0 atom stereocenters. The number of rotatable bonds is 6. The molecular formula is C17H30N2O2. The summed E-state index contributed by atoms with van der Waals surface area (Å²) in [7, 11) is 0. The fourth-order valence-electron chi connectivity index (χ4n) is 2.69. The number of nitrogens with zero attached hydrogens (tertiary/aromatic N) is 1. The van der Waals surface area contributed by atoms with Crippen LogP contribution < -0.4 is 5.32 Å². The Bertz CT molecular complexity index is 452. The van der Waals surface area contributed by atoms with E-state index < -0.39 is 0 Å². The molecule has 1 fully saturated rings. The normalized spacial score (nSPS) is 19.3. The summed E-state index contributed by atoms with van der Waals surface area (Å²) in [5.74, 6) is 2.79. The molecule has 4 heteroatoms. The molecule has 1 aromatic rings. The van der Waals surface area contributed by atoms with Crippen LogP contribution in [0.3, 0.4) is 0 Å². The minimum absolute atomic E-state index is 0.0784. The van der Waals surface area contributed by atoms with Crippen LogP contribution in [0, 0.1) is 12.8 Å². The Morgan fingerprint density at radius 2 is 2.14 bits per heavy atom. The average Bonchev–Trinajstić information content (AvgIpc) is 2.72. The molecule has 0 aromatic carbocycles. The molecule has 0 spiro atoms. The van der Waals surface area contributed by atoms with Crippen molar-refractivity contribution in [3.05, 3.63) is 23.2 Å². The van der Waals surface area contributed by atoms with Crippen LogP contribution in [0.1, 0.15) is 44.8 Å². The van der Waals surface area contributed by atoms with Crippen LogP contribution in [0.25, 0.3) is 0 Å². The summed E-state index contributed by atoms with van der Waals surface area (Å²) in [5, 5.41) is 3.45. The Labute approximate surface area is 128 Å².